The van der Waals surface area contributed by atoms with Crippen molar-refractivity contribution in [1.29, 1.82) is 0 Å². The van der Waals surface area contributed by atoms with E-state index >= 15 is 0 Å². The second kappa shape index (κ2) is 6.66. The van der Waals surface area contributed by atoms with Gasteiger partial charge in [0.1, 0.15) is 5.60 Å². The molecular weight excluding hydrogens is 280 g/mol. The summed E-state index contributed by atoms with van der Waals surface area (Å²) in [6.07, 6.45) is 5.13. The third-order valence-corrected chi connectivity index (χ3v) is 4.50. The van der Waals surface area contributed by atoms with Gasteiger partial charge in [0.05, 0.1) is 26.0 Å². The molecule has 0 amide bonds. The molecule has 124 valence electrons. The van der Waals surface area contributed by atoms with E-state index in [1.165, 1.54) is 5.56 Å². The lowest BCUT2D eigenvalue weighted by molar-refractivity contribution is -0.0563. The molecule has 2 aliphatic heterocycles. The Hall–Kier alpha value is -0.950. The van der Waals surface area contributed by atoms with Crippen molar-refractivity contribution in [2.45, 2.75) is 18.6 Å². The molecule has 1 spiro atoms. The number of rotatable bonds is 4. The fourth-order valence-electron chi connectivity index (χ4n) is 3.71. The first kappa shape index (κ1) is 15.9. The van der Waals surface area contributed by atoms with Crippen LogP contribution in [-0.2, 0) is 23.1 Å². The van der Waals surface area contributed by atoms with Gasteiger partial charge in [0.15, 0.2) is 0 Å². The highest BCUT2D eigenvalue weighted by molar-refractivity contribution is 5.04. The van der Waals surface area contributed by atoms with Crippen molar-refractivity contribution in [3.05, 3.63) is 18.0 Å². The Balaban J connectivity index is 1.62. The van der Waals surface area contributed by atoms with E-state index in [1.807, 2.05) is 17.9 Å². The first-order chi connectivity index (χ1) is 10.5. The van der Waals surface area contributed by atoms with E-state index in [9.17, 15) is 0 Å². The molecule has 2 aliphatic rings. The molecule has 0 N–H and O–H groups in total. The lowest BCUT2D eigenvalue weighted by Crippen LogP contribution is -2.44. The van der Waals surface area contributed by atoms with Crippen molar-refractivity contribution in [3.8, 4) is 0 Å². The van der Waals surface area contributed by atoms with Crippen LogP contribution in [0.2, 0.25) is 0 Å². The third-order valence-electron chi connectivity index (χ3n) is 4.50. The predicted octanol–water partition coefficient (Wildman–Crippen LogP) is 0.589. The lowest BCUT2D eigenvalue weighted by Gasteiger charge is -2.31. The predicted molar refractivity (Wildman–Crippen MR) is 84.6 cm³/mol. The minimum absolute atomic E-state index is 0.126. The van der Waals surface area contributed by atoms with E-state index in [4.69, 9.17) is 9.47 Å². The minimum atomic E-state index is -0.126. The molecule has 2 saturated heterocycles. The molecule has 2 fully saturated rings. The highest BCUT2D eigenvalue weighted by atomic mass is 16.5. The van der Waals surface area contributed by atoms with Gasteiger partial charge in [-0.1, -0.05) is 0 Å². The zero-order valence-corrected chi connectivity index (χ0v) is 14.0. The van der Waals surface area contributed by atoms with Gasteiger partial charge in [-0.3, -0.25) is 9.58 Å². The molecule has 3 rings (SSSR count). The first-order valence-corrected chi connectivity index (χ1v) is 8.11. The van der Waals surface area contributed by atoms with E-state index < -0.39 is 0 Å². The van der Waals surface area contributed by atoms with E-state index in [0.29, 0.717) is 5.92 Å². The summed E-state index contributed by atoms with van der Waals surface area (Å²) < 4.78 is 14.0. The standard InChI is InChI=1S/C16H28N4O2/c1-18(2)8-14-6-16(22-11-14)12-20(4-5-21-13-16)10-15-7-17-19(3)9-15/h7,9,14H,4-6,8,10-13H2,1-3H3. The van der Waals surface area contributed by atoms with Gasteiger partial charge in [-0.2, -0.15) is 5.10 Å². The van der Waals surface area contributed by atoms with E-state index in [-0.39, 0.29) is 5.60 Å². The van der Waals surface area contributed by atoms with E-state index in [2.05, 4.69) is 35.2 Å². The van der Waals surface area contributed by atoms with Crippen LogP contribution in [0.1, 0.15) is 12.0 Å². The molecule has 6 heteroatoms. The molecule has 1 aromatic rings. The summed E-state index contributed by atoms with van der Waals surface area (Å²) >= 11 is 0. The first-order valence-electron chi connectivity index (χ1n) is 8.11. The summed E-state index contributed by atoms with van der Waals surface area (Å²) in [5, 5.41) is 4.26. The zero-order valence-electron chi connectivity index (χ0n) is 14.0. The summed E-state index contributed by atoms with van der Waals surface area (Å²) in [5.41, 5.74) is 1.13. The number of ether oxygens (including phenoxy) is 2. The Morgan fingerprint density at radius 1 is 1.45 bits per heavy atom. The smallest absolute Gasteiger partial charge is 0.104 e. The summed E-state index contributed by atoms with van der Waals surface area (Å²) in [5.74, 6) is 0.608. The van der Waals surface area contributed by atoms with Gasteiger partial charge in [0.25, 0.3) is 0 Å². The summed E-state index contributed by atoms with van der Waals surface area (Å²) in [4.78, 5) is 4.69. The quantitative estimate of drug-likeness (QED) is 0.814. The molecule has 0 aromatic carbocycles. The van der Waals surface area contributed by atoms with Crippen LogP contribution >= 0.6 is 0 Å². The van der Waals surface area contributed by atoms with Crippen LogP contribution < -0.4 is 0 Å². The monoisotopic (exact) mass is 308 g/mol. The van der Waals surface area contributed by atoms with Gasteiger partial charge >= 0.3 is 0 Å². The third kappa shape index (κ3) is 3.87. The molecule has 2 atom stereocenters. The minimum Gasteiger partial charge on any atom is -0.377 e. The highest BCUT2D eigenvalue weighted by Gasteiger charge is 2.43. The molecule has 0 bridgehead atoms. The molecule has 2 unspecified atom stereocenters. The molecular formula is C16H28N4O2. The van der Waals surface area contributed by atoms with Crippen molar-refractivity contribution in [1.82, 2.24) is 19.6 Å². The fourth-order valence-corrected chi connectivity index (χ4v) is 3.71. The van der Waals surface area contributed by atoms with E-state index in [0.717, 1.165) is 52.4 Å². The maximum absolute atomic E-state index is 6.23. The van der Waals surface area contributed by atoms with Crippen LogP contribution in [-0.4, -0.2) is 78.7 Å². The Bertz CT molecular complexity index is 490. The number of hydrogen-bond acceptors (Lipinski definition) is 5. The molecule has 0 radical (unpaired) electrons. The van der Waals surface area contributed by atoms with Crippen molar-refractivity contribution in [2.75, 3.05) is 53.6 Å². The second-order valence-electron chi connectivity index (χ2n) is 7.11. The number of aromatic nitrogens is 2. The van der Waals surface area contributed by atoms with Crippen LogP contribution in [0.3, 0.4) is 0 Å². The maximum Gasteiger partial charge on any atom is 0.104 e. The number of aryl methyl sites for hydroxylation is 1. The Kier molecular flexibility index (Phi) is 4.82. The zero-order chi connectivity index (χ0) is 15.6. The molecule has 22 heavy (non-hydrogen) atoms. The summed E-state index contributed by atoms with van der Waals surface area (Å²) in [6.45, 7) is 6.27. The average Bonchev–Trinajstić information content (AvgIpc) is 2.95. The van der Waals surface area contributed by atoms with Gasteiger partial charge in [-0.25, -0.2) is 0 Å². The second-order valence-corrected chi connectivity index (χ2v) is 7.11. The van der Waals surface area contributed by atoms with Gasteiger partial charge in [0.2, 0.25) is 0 Å². The molecule has 6 nitrogen and oxygen atoms in total. The summed E-state index contributed by atoms with van der Waals surface area (Å²) in [6, 6.07) is 0. The topological polar surface area (TPSA) is 42.8 Å². The van der Waals surface area contributed by atoms with Gasteiger partial charge < -0.3 is 14.4 Å². The van der Waals surface area contributed by atoms with Crippen LogP contribution in [0.4, 0.5) is 0 Å². The summed E-state index contributed by atoms with van der Waals surface area (Å²) in [7, 11) is 6.22. The highest BCUT2D eigenvalue weighted by Crippen LogP contribution is 2.33. The Morgan fingerprint density at radius 3 is 3.05 bits per heavy atom. The fraction of sp³-hybridized carbons (Fsp3) is 0.812. The maximum atomic E-state index is 6.23. The van der Waals surface area contributed by atoms with Crippen LogP contribution in [0.15, 0.2) is 12.4 Å². The largest absolute Gasteiger partial charge is 0.377 e. The van der Waals surface area contributed by atoms with Crippen LogP contribution in [0.5, 0.6) is 0 Å². The SMILES string of the molecule is CN(C)CC1COC2(COCCN(Cc3cnn(C)c3)C2)C1. The number of nitrogens with zero attached hydrogens (tertiary/aromatic N) is 4. The van der Waals surface area contributed by atoms with Crippen molar-refractivity contribution >= 4 is 0 Å². The molecule has 0 aliphatic carbocycles. The molecule has 1 aromatic heterocycles. The molecule has 0 saturated carbocycles. The van der Waals surface area contributed by atoms with Crippen LogP contribution in [0.25, 0.3) is 0 Å². The van der Waals surface area contributed by atoms with Gasteiger partial charge in [-0.15, -0.1) is 0 Å². The normalized spacial score (nSPS) is 30.3. The van der Waals surface area contributed by atoms with Crippen molar-refractivity contribution < 1.29 is 9.47 Å². The van der Waals surface area contributed by atoms with E-state index in [1.54, 1.807) is 0 Å². The lowest BCUT2D eigenvalue weighted by atomic mass is 9.94. The van der Waals surface area contributed by atoms with Crippen LogP contribution in [0, 0.1) is 5.92 Å². The van der Waals surface area contributed by atoms with Gasteiger partial charge in [0, 0.05) is 45.0 Å². The van der Waals surface area contributed by atoms with Crippen molar-refractivity contribution in [3.63, 3.8) is 0 Å². The molecule has 3 heterocycles. The van der Waals surface area contributed by atoms with Crippen molar-refractivity contribution in [2.24, 2.45) is 13.0 Å². The Morgan fingerprint density at radius 2 is 2.32 bits per heavy atom. The Labute approximate surface area is 133 Å². The average molecular weight is 308 g/mol. The number of hydrogen-bond donors (Lipinski definition) is 0. The van der Waals surface area contributed by atoms with Gasteiger partial charge in [-0.05, 0) is 26.4 Å².